The highest BCUT2D eigenvalue weighted by Gasteiger charge is 2.14. The molecule has 3 aromatic carbocycles. The van der Waals surface area contributed by atoms with Gasteiger partial charge in [0.2, 0.25) is 0 Å². The third-order valence-corrected chi connectivity index (χ3v) is 6.02. The number of nitro benzene ring substituents is 1. The monoisotopic (exact) mass is 583 g/mol. The largest absolute Gasteiger partial charge is 0.487 e. The van der Waals surface area contributed by atoms with Gasteiger partial charge in [0, 0.05) is 17.8 Å². The van der Waals surface area contributed by atoms with Gasteiger partial charge in [0.25, 0.3) is 11.6 Å². The molecule has 0 aliphatic carbocycles. The lowest BCUT2D eigenvalue weighted by Crippen LogP contribution is -2.14. The summed E-state index contributed by atoms with van der Waals surface area (Å²) in [7, 11) is 0. The number of nitro groups is 1. The summed E-state index contributed by atoms with van der Waals surface area (Å²) in [5.74, 6) is -0.0172. The van der Waals surface area contributed by atoms with E-state index in [-0.39, 0.29) is 17.9 Å². The van der Waals surface area contributed by atoms with Crippen molar-refractivity contribution in [3.05, 3.63) is 101 Å². The number of carbonyl (C=O) groups is 1. The molecule has 172 valence electrons. The molecule has 0 saturated heterocycles. The first kappa shape index (κ1) is 25.1. The molecule has 0 unspecified atom stereocenters. The molecule has 0 aliphatic heterocycles. The molecular formula is C25H19Br2N3O4. The van der Waals surface area contributed by atoms with E-state index < -0.39 is 10.8 Å². The second-order valence-corrected chi connectivity index (χ2v) is 9.18. The van der Waals surface area contributed by atoms with Crippen LogP contribution in [0, 0.1) is 35.3 Å². The van der Waals surface area contributed by atoms with Crippen molar-refractivity contribution < 1.29 is 14.5 Å². The molecule has 0 aliphatic rings. The van der Waals surface area contributed by atoms with Crippen molar-refractivity contribution in [3.63, 3.8) is 0 Å². The topological polar surface area (TPSA) is 105 Å². The number of hydrogen-bond donors (Lipinski definition) is 1. The second kappa shape index (κ2) is 11.1. The number of nitrogens with one attached hydrogen (secondary N) is 1. The zero-order chi connectivity index (χ0) is 24.8. The molecule has 1 N–H and O–H groups in total. The molecule has 0 atom stereocenters. The minimum atomic E-state index is -0.505. The maximum Gasteiger partial charge on any atom is 0.269 e. The highest BCUT2D eigenvalue weighted by Crippen LogP contribution is 2.36. The number of carbonyl (C=O) groups excluding carboxylic acids is 1. The van der Waals surface area contributed by atoms with E-state index in [2.05, 4.69) is 37.2 Å². The van der Waals surface area contributed by atoms with E-state index in [0.717, 1.165) is 11.1 Å². The van der Waals surface area contributed by atoms with E-state index in [4.69, 9.17) is 4.74 Å². The number of non-ortho nitro benzene ring substituents is 1. The number of amides is 1. The van der Waals surface area contributed by atoms with Gasteiger partial charge in [-0.1, -0.05) is 24.3 Å². The Bertz CT molecular complexity index is 1320. The Balaban J connectivity index is 1.79. The number of nitrogens with zero attached hydrogens (tertiary/aromatic N) is 2. The standard InChI is InChI=1S/C25H19Br2N3O4/c1-15-6-7-16(2)23(8-15)29-25(31)19(13-28)9-18-11-21(26)24(22(27)12-18)34-14-17-4-3-5-20(10-17)30(32)33/h3-12H,14H2,1-2H3,(H,29,31)/b19-9+. The van der Waals surface area contributed by atoms with Gasteiger partial charge in [-0.2, -0.15) is 5.26 Å². The first-order chi connectivity index (χ1) is 16.2. The van der Waals surface area contributed by atoms with Crippen LogP contribution in [-0.4, -0.2) is 10.8 Å². The molecule has 9 heteroatoms. The lowest BCUT2D eigenvalue weighted by atomic mass is 10.1. The lowest BCUT2D eigenvalue weighted by Gasteiger charge is -2.12. The number of hydrogen-bond acceptors (Lipinski definition) is 5. The molecule has 0 fully saturated rings. The van der Waals surface area contributed by atoms with Gasteiger partial charge in [0.15, 0.2) is 0 Å². The smallest absolute Gasteiger partial charge is 0.269 e. The van der Waals surface area contributed by atoms with Crippen molar-refractivity contribution in [1.82, 2.24) is 0 Å². The molecule has 0 aromatic heterocycles. The molecule has 3 aromatic rings. The van der Waals surface area contributed by atoms with Crippen molar-refractivity contribution in [3.8, 4) is 11.8 Å². The van der Waals surface area contributed by atoms with Crippen LogP contribution < -0.4 is 10.1 Å². The average Bonchev–Trinajstić information content (AvgIpc) is 2.79. The summed E-state index contributed by atoms with van der Waals surface area (Å²) in [5, 5.41) is 23.3. The van der Waals surface area contributed by atoms with Gasteiger partial charge in [0.05, 0.1) is 13.9 Å². The Labute approximate surface area is 213 Å². The van der Waals surface area contributed by atoms with Gasteiger partial charge in [-0.3, -0.25) is 14.9 Å². The Hall–Kier alpha value is -3.48. The normalized spacial score (nSPS) is 11.0. The number of aryl methyl sites for hydroxylation is 2. The summed E-state index contributed by atoms with van der Waals surface area (Å²) in [6, 6.07) is 17.3. The van der Waals surface area contributed by atoms with E-state index in [1.54, 1.807) is 24.3 Å². The molecule has 34 heavy (non-hydrogen) atoms. The lowest BCUT2D eigenvalue weighted by molar-refractivity contribution is -0.384. The SMILES string of the molecule is Cc1ccc(C)c(NC(=O)/C(C#N)=C/c2cc(Br)c(OCc3cccc([N+](=O)[O-])c3)c(Br)c2)c1. The van der Waals surface area contributed by atoms with Crippen molar-refractivity contribution >= 4 is 55.2 Å². The summed E-state index contributed by atoms with van der Waals surface area (Å²) in [4.78, 5) is 23.2. The molecule has 1 amide bonds. The van der Waals surface area contributed by atoms with Gasteiger partial charge in [-0.15, -0.1) is 0 Å². The number of halogens is 2. The Kier molecular flexibility index (Phi) is 8.21. The van der Waals surface area contributed by atoms with Gasteiger partial charge in [0.1, 0.15) is 24.0 Å². The maximum atomic E-state index is 12.7. The number of ether oxygens (including phenoxy) is 1. The third-order valence-electron chi connectivity index (χ3n) is 4.84. The van der Waals surface area contributed by atoms with E-state index in [1.165, 1.54) is 18.2 Å². The Morgan fingerprint density at radius 2 is 1.85 bits per heavy atom. The van der Waals surface area contributed by atoms with Crippen LogP contribution in [0.2, 0.25) is 0 Å². The van der Waals surface area contributed by atoms with Crippen molar-refractivity contribution in [2.24, 2.45) is 0 Å². The van der Waals surface area contributed by atoms with E-state index >= 15 is 0 Å². The molecule has 0 spiro atoms. The zero-order valence-corrected chi connectivity index (χ0v) is 21.4. The molecular weight excluding hydrogens is 566 g/mol. The van der Waals surface area contributed by atoms with Crippen LogP contribution in [0.3, 0.4) is 0 Å². The van der Waals surface area contributed by atoms with Crippen LogP contribution in [0.1, 0.15) is 22.3 Å². The fraction of sp³-hybridized carbons (Fsp3) is 0.120. The molecule has 0 bridgehead atoms. The van der Waals surface area contributed by atoms with Crippen LogP contribution >= 0.6 is 31.9 Å². The highest BCUT2D eigenvalue weighted by molar-refractivity contribution is 9.11. The van der Waals surface area contributed by atoms with E-state index in [9.17, 15) is 20.2 Å². The number of nitriles is 1. The Morgan fingerprint density at radius 3 is 2.50 bits per heavy atom. The first-order valence-corrected chi connectivity index (χ1v) is 11.6. The Morgan fingerprint density at radius 1 is 1.15 bits per heavy atom. The predicted molar refractivity (Wildman–Crippen MR) is 137 cm³/mol. The summed E-state index contributed by atoms with van der Waals surface area (Å²) >= 11 is 6.91. The van der Waals surface area contributed by atoms with Crippen LogP contribution in [-0.2, 0) is 11.4 Å². The third kappa shape index (κ3) is 6.31. The predicted octanol–water partition coefficient (Wildman–Crippen LogP) is 6.86. The summed E-state index contributed by atoms with van der Waals surface area (Å²) in [5.41, 5.74) is 3.73. The van der Waals surface area contributed by atoms with Crippen LogP contribution in [0.25, 0.3) is 6.08 Å². The van der Waals surface area contributed by atoms with Crippen LogP contribution in [0.15, 0.2) is 69.1 Å². The zero-order valence-electron chi connectivity index (χ0n) is 18.3. The summed E-state index contributed by atoms with van der Waals surface area (Å²) < 4.78 is 7.02. The van der Waals surface area contributed by atoms with Crippen molar-refractivity contribution in [1.29, 1.82) is 5.26 Å². The fourth-order valence-electron chi connectivity index (χ4n) is 3.09. The molecule has 0 radical (unpaired) electrons. The molecule has 0 heterocycles. The summed E-state index contributed by atoms with van der Waals surface area (Å²) in [6.07, 6.45) is 1.49. The minimum absolute atomic E-state index is 0.0112. The summed E-state index contributed by atoms with van der Waals surface area (Å²) in [6.45, 7) is 3.93. The average molecular weight is 585 g/mol. The van der Waals surface area contributed by atoms with Crippen molar-refractivity contribution in [2.45, 2.75) is 20.5 Å². The second-order valence-electron chi connectivity index (χ2n) is 7.47. The molecule has 3 rings (SSSR count). The molecule has 7 nitrogen and oxygen atoms in total. The minimum Gasteiger partial charge on any atom is -0.487 e. The van der Waals surface area contributed by atoms with Gasteiger partial charge in [-0.25, -0.2) is 0 Å². The fourth-order valence-corrected chi connectivity index (χ4v) is 4.54. The highest BCUT2D eigenvalue weighted by atomic mass is 79.9. The quantitative estimate of drug-likeness (QED) is 0.141. The van der Waals surface area contributed by atoms with Crippen molar-refractivity contribution in [2.75, 3.05) is 5.32 Å². The van der Waals surface area contributed by atoms with Gasteiger partial charge < -0.3 is 10.1 Å². The van der Waals surface area contributed by atoms with Gasteiger partial charge >= 0.3 is 0 Å². The van der Waals surface area contributed by atoms with E-state index in [0.29, 0.717) is 31.5 Å². The van der Waals surface area contributed by atoms with Crippen LogP contribution in [0.4, 0.5) is 11.4 Å². The first-order valence-electron chi connectivity index (χ1n) is 10.0. The van der Waals surface area contributed by atoms with E-state index in [1.807, 2.05) is 38.1 Å². The van der Waals surface area contributed by atoms with Gasteiger partial charge in [-0.05, 0) is 92.2 Å². The van der Waals surface area contributed by atoms with Crippen LogP contribution in [0.5, 0.6) is 5.75 Å². The number of rotatable bonds is 7. The maximum absolute atomic E-state index is 12.7. The number of benzene rings is 3. The number of anilines is 1. The molecule has 0 saturated carbocycles.